The van der Waals surface area contributed by atoms with Gasteiger partial charge in [0.15, 0.2) is 0 Å². The number of nitrogens with one attached hydrogen (secondary N) is 2. The standard InChI is InChI=1S/C15H12BrN5O/c1-22-11-6-7-13-12(8-11)18-15-19-14(20-21(13)15)17-10-4-2-9(16)3-5-10/h2-8H,1H3,(H2,17,18,19,20). The number of aromatic nitrogens is 4. The Balaban J connectivity index is 1.73. The molecule has 0 fully saturated rings. The number of imidazole rings is 1. The lowest BCUT2D eigenvalue weighted by molar-refractivity contribution is 0.415. The number of anilines is 2. The number of nitrogens with zero attached hydrogens (tertiary/aromatic N) is 3. The molecule has 22 heavy (non-hydrogen) atoms. The number of benzene rings is 2. The highest BCUT2D eigenvalue weighted by Crippen LogP contribution is 2.23. The molecule has 0 spiro atoms. The number of aromatic amines is 1. The van der Waals surface area contributed by atoms with Crippen LogP contribution in [0.15, 0.2) is 46.9 Å². The third-order valence-electron chi connectivity index (χ3n) is 3.38. The van der Waals surface area contributed by atoms with Crippen LogP contribution in [0.2, 0.25) is 0 Å². The number of hydrogen-bond acceptors (Lipinski definition) is 4. The third-order valence-corrected chi connectivity index (χ3v) is 3.91. The summed E-state index contributed by atoms with van der Waals surface area (Å²) in [6.45, 7) is 0. The van der Waals surface area contributed by atoms with E-state index in [0.29, 0.717) is 11.7 Å². The molecule has 2 N–H and O–H groups in total. The van der Waals surface area contributed by atoms with Gasteiger partial charge in [-0.3, -0.25) is 5.10 Å². The summed E-state index contributed by atoms with van der Waals surface area (Å²) in [5, 5.41) is 6.42. The highest BCUT2D eigenvalue weighted by molar-refractivity contribution is 9.10. The van der Waals surface area contributed by atoms with Crippen LogP contribution in [0.1, 0.15) is 0 Å². The summed E-state index contributed by atoms with van der Waals surface area (Å²) in [5.74, 6) is 2.03. The second-order valence-electron chi connectivity index (χ2n) is 4.81. The van der Waals surface area contributed by atoms with Crippen molar-refractivity contribution in [2.75, 3.05) is 12.4 Å². The molecule has 0 radical (unpaired) electrons. The Morgan fingerprint density at radius 2 is 1.95 bits per heavy atom. The Morgan fingerprint density at radius 3 is 2.73 bits per heavy atom. The van der Waals surface area contributed by atoms with E-state index in [0.717, 1.165) is 26.9 Å². The Hall–Kier alpha value is -2.54. The summed E-state index contributed by atoms with van der Waals surface area (Å²) >= 11 is 3.42. The molecule has 2 aromatic heterocycles. The van der Waals surface area contributed by atoms with Crippen molar-refractivity contribution in [1.29, 1.82) is 0 Å². The molecule has 0 aliphatic rings. The van der Waals surface area contributed by atoms with Crippen LogP contribution in [0.4, 0.5) is 11.6 Å². The number of methoxy groups -OCH3 is 1. The SMILES string of the molecule is COc1ccc2c(c1)nc1nc(Nc3ccc(Br)cc3)[nH]n12. The molecule has 0 bridgehead atoms. The molecule has 4 aromatic rings. The first-order valence-corrected chi connectivity index (χ1v) is 7.47. The van der Waals surface area contributed by atoms with Crippen LogP contribution in [0.3, 0.4) is 0 Å². The fourth-order valence-electron chi connectivity index (χ4n) is 2.32. The summed E-state index contributed by atoms with van der Waals surface area (Å²) in [7, 11) is 1.64. The maximum atomic E-state index is 5.21. The van der Waals surface area contributed by atoms with Gasteiger partial charge in [0.1, 0.15) is 5.75 Å². The molecule has 0 saturated heterocycles. The van der Waals surface area contributed by atoms with Gasteiger partial charge in [0, 0.05) is 16.2 Å². The summed E-state index contributed by atoms with van der Waals surface area (Å²) < 4.78 is 8.09. The van der Waals surface area contributed by atoms with E-state index in [4.69, 9.17) is 4.74 Å². The minimum Gasteiger partial charge on any atom is -0.497 e. The zero-order valence-corrected chi connectivity index (χ0v) is 13.3. The first-order chi connectivity index (χ1) is 10.7. The van der Waals surface area contributed by atoms with Crippen molar-refractivity contribution in [3.8, 4) is 5.75 Å². The first-order valence-electron chi connectivity index (χ1n) is 6.68. The van der Waals surface area contributed by atoms with Gasteiger partial charge in [0.05, 0.1) is 18.1 Å². The molecule has 0 aliphatic heterocycles. The van der Waals surface area contributed by atoms with Gasteiger partial charge in [0.2, 0.25) is 5.95 Å². The molecule has 0 saturated carbocycles. The fraction of sp³-hybridized carbons (Fsp3) is 0.0667. The number of rotatable bonds is 3. The van der Waals surface area contributed by atoms with Gasteiger partial charge in [0.25, 0.3) is 5.78 Å². The number of H-pyrrole nitrogens is 1. The average molecular weight is 358 g/mol. The number of ether oxygens (including phenoxy) is 1. The zero-order valence-electron chi connectivity index (χ0n) is 11.7. The van der Waals surface area contributed by atoms with Crippen LogP contribution in [0, 0.1) is 0 Å². The monoisotopic (exact) mass is 357 g/mol. The van der Waals surface area contributed by atoms with Gasteiger partial charge in [-0.1, -0.05) is 15.9 Å². The van der Waals surface area contributed by atoms with Crippen LogP contribution >= 0.6 is 15.9 Å². The van der Waals surface area contributed by atoms with E-state index in [1.54, 1.807) is 7.11 Å². The van der Waals surface area contributed by atoms with E-state index in [-0.39, 0.29) is 0 Å². The smallest absolute Gasteiger partial charge is 0.253 e. The van der Waals surface area contributed by atoms with Crippen LogP contribution in [0.25, 0.3) is 16.8 Å². The zero-order chi connectivity index (χ0) is 15.1. The quantitative estimate of drug-likeness (QED) is 0.586. The van der Waals surface area contributed by atoms with Gasteiger partial charge < -0.3 is 10.1 Å². The van der Waals surface area contributed by atoms with Crippen LogP contribution in [-0.2, 0) is 0 Å². The summed E-state index contributed by atoms with van der Waals surface area (Å²) in [6.07, 6.45) is 0. The summed E-state index contributed by atoms with van der Waals surface area (Å²) in [5.41, 5.74) is 2.74. The lowest BCUT2D eigenvalue weighted by Crippen LogP contribution is -1.93. The third kappa shape index (κ3) is 2.19. The highest BCUT2D eigenvalue weighted by Gasteiger charge is 2.10. The molecule has 2 aromatic carbocycles. The first kappa shape index (κ1) is 13.1. The Bertz CT molecular complexity index is 957. The van der Waals surface area contributed by atoms with Crippen molar-refractivity contribution in [3.63, 3.8) is 0 Å². The van der Waals surface area contributed by atoms with Crippen molar-refractivity contribution in [2.45, 2.75) is 0 Å². The van der Waals surface area contributed by atoms with Gasteiger partial charge in [-0.05, 0) is 36.4 Å². The summed E-state index contributed by atoms with van der Waals surface area (Å²) in [6, 6.07) is 13.6. The largest absolute Gasteiger partial charge is 0.497 e. The van der Waals surface area contributed by atoms with E-state index in [1.807, 2.05) is 47.0 Å². The normalized spacial score (nSPS) is 11.2. The number of hydrogen-bond donors (Lipinski definition) is 2. The Morgan fingerprint density at radius 1 is 1.14 bits per heavy atom. The molecule has 2 heterocycles. The van der Waals surface area contributed by atoms with Gasteiger partial charge in [-0.15, -0.1) is 0 Å². The van der Waals surface area contributed by atoms with Crippen molar-refractivity contribution in [2.24, 2.45) is 0 Å². The molecular weight excluding hydrogens is 346 g/mol. The number of fused-ring (bicyclic) bond motifs is 3. The topological polar surface area (TPSA) is 67.2 Å². The van der Waals surface area contributed by atoms with E-state index in [9.17, 15) is 0 Å². The predicted octanol–water partition coefficient (Wildman–Crippen LogP) is 3.73. The van der Waals surface area contributed by atoms with Gasteiger partial charge >= 0.3 is 0 Å². The molecule has 6 nitrogen and oxygen atoms in total. The number of halogens is 1. The maximum absolute atomic E-state index is 5.21. The second kappa shape index (κ2) is 5.03. The second-order valence-corrected chi connectivity index (χ2v) is 5.72. The fourth-order valence-corrected chi connectivity index (χ4v) is 2.58. The van der Waals surface area contributed by atoms with Gasteiger partial charge in [-0.2, -0.15) is 4.98 Å². The van der Waals surface area contributed by atoms with E-state index in [1.165, 1.54) is 0 Å². The van der Waals surface area contributed by atoms with Gasteiger partial charge in [-0.25, -0.2) is 9.50 Å². The lowest BCUT2D eigenvalue weighted by Gasteiger charge is -2.02. The van der Waals surface area contributed by atoms with Crippen molar-refractivity contribution >= 4 is 44.4 Å². The maximum Gasteiger partial charge on any atom is 0.253 e. The highest BCUT2D eigenvalue weighted by atomic mass is 79.9. The Kier molecular flexibility index (Phi) is 3.00. The van der Waals surface area contributed by atoms with Crippen LogP contribution in [-0.4, -0.2) is 26.7 Å². The van der Waals surface area contributed by atoms with Crippen LogP contribution in [0.5, 0.6) is 5.75 Å². The lowest BCUT2D eigenvalue weighted by atomic mass is 10.3. The van der Waals surface area contributed by atoms with Crippen molar-refractivity contribution in [1.82, 2.24) is 19.6 Å². The van der Waals surface area contributed by atoms with E-state index < -0.39 is 0 Å². The molecule has 0 atom stereocenters. The summed E-state index contributed by atoms with van der Waals surface area (Å²) in [4.78, 5) is 8.95. The molecule has 0 amide bonds. The average Bonchev–Trinajstić information content (AvgIpc) is 3.05. The molecule has 0 unspecified atom stereocenters. The molecule has 0 aliphatic carbocycles. The molecular formula is C15H12BrN5O. The molecule has 4 rings (SSSR count). The molecule has 110 valence electrons. The van der Waals surface area contributed by atoms with Crippen molar-refractivity contribution < 1.29 is 4.74 Å². The van der Waals surface area contributed by atoms with E-state index >= 15 is 0 Å². The van der Waals surface area contributed by atoms with Crippen LogP contribution < -0.4 is 10.1 Å². The Labute approximate surface area is 134 Å². The minimum atomic E-state index is 0.614. The molecule has 7 heteroatoms. The predicted molar refractivity (Wildman–Crippen MR) is 88.8 cm³/mol. The van der Waals surface area contributed by atoms with Crippen molar-refractivity contribution in [3.05, 3.63) is 46.9 Å². The minimum absolute atomic E-state index is 0.614. The van der Waals surface area contributed by atoms with E-state index in [2.05, 4.69) is 36.3 Å².